The summed E-state index contributed by atoms with van der Waals surface area (Å²) in [5, 5.41) is 4.27. The third kappa shape index (κ3) is 3.93. The van der Waals surface area contributed by atoms with Crippen molar-refractivity contribution in [2.45, 2.75) is 25.9 Å². The Morgan fingerprint density at radius 1 is 1.40 bits per heavy atom. The normalized spacial score (nSPS) is 12.1. The molecule has 0 aliphatic heterocycles. The van der Waals surface area contributed by atoms with Gasteiger partial charge in [-0.25, -0.2) is 0 Å². The van der Waals surface area contributed by atoms with Gasteiger partial charge < -0.3 is 10.5 Å². The number of hydrogen-bond donors (Lipinski definition) is 1. The summed E-state index contributed by atoms with van der Waals surface area (Å²) in [7, 11) is 0. The number of carbonyl (C=O) groups is 1. The highest BCUT2D eigenvalue weighted by Crippen LogP contribution is 2.14. The summed E-state index contributed by atoms with van der Waals surface area (Å²) in [4.78, 5) is 11.4. The summed E-state index contributed by atoms with van der Waals surface area (Å²) in [6, 6.07) is 9.67. The maximum atomic E-state index is 11.4. The fraction of sp³-hybridized carbons (Fsp3) is 0.333. The Kier molecular flexibility index (Phi) is 4.90. The zero-order chi connectivity index (χ0) is 14.4. The predicted molar refractivity (Wildman–Crippen MR) is 75.9 cm³/mol. The molecule has 0 radical (unpaired) electrons. The van der Waals surface area contributed by atoms with E-state index >= 15 is 0 Å². The average Bonchev–Trinajstić information content (AvgIpc) is 2.89. The van der Waals surface area contributed by atoms with Crippen LogP contribution in [0.1, 0.15) is 30.5 Å². The van der Waals surface area contributed by atoms with Gasteiger partial charge in [-0.05, 0) is 12.5 Å². The molecule has 2 rings (SSSR count). The lowest BCUT2D eigenvalue weighted by Gasteiger charge is -2.08. The van der Waals surface area contributed by atoms with Gasteiger partial charge in [-0.3, -0.25) is 9.48 Å². The van der Waals surface area contributed by atoms with Crippen LogP contribution in [0.2, 0.25) is 0 Å². The summed E-state index contributed by atoms with van der Waals surface area (Å²) >= 11 is 0. The van der Waals surface area contributed by atoms with Gasteiger partial charge in [0.05, 0.1) is 25.8 Å². The van der Waals surface area contributed by atoms with Gasteiger partial charge in [0, 0.05) is 17.8 Å². The van der Waals surface area contributed by atoms with Crippen LogP contribution < -0.4 is 5.73 Å². The maximum absolute atomic E-state index is 11.4. The van der Waals surface area contributed by atoms with Gasteiger partial charge >= 0.3 is 5.97 Å². The first-order valence-corrected chi connectivity index (χ1v) is 6.66. The van der Waals surface area contributed by atoms with E-state index in [0.717, 1.165) is 5.56 Å². The molecule has 0 saturated heterocycles. The number of carbonyl (C=O) groups excluding carboxylic acids is 1. The van der Waals surface area contributed by atoms with Crippen molar-refractivity contribution in [2.75, 3.05) is 6.61 Å². The number of nitrogens with zero attached hydrogens (tertiary/aromatic N) is 2. The number of rotatable bonds is 6. The van der Waals surface area contributed by atoms with Crippen LogP contribution in [0.15, 0.2) is 42.7 Å². The van der Waals surface area contributed by atoms with Crippen molar-refractivity contribution in [1.29, 1.82) is 0 Å². The Balaban J connectivity index is 1.96. The van der Waals surface area contributed by atoms with Crippen LogP contribution >= 0.6 is 0 Å². The van der Waals surface area contributed by atoms with E-state index in [2.05, 4.69) is 5.10 Å². The molecule has 5 heteroatoms. The Hall–Kier alpha value is -2.14. The summed E-state index contributed by atoms with van der Waals surface area (Å²) < 4.78 is 6.71. The maximum Gasteiger partial charge on any atom is 0.307 e. The van der Waals surface area contributed by atoms with Crippen LogP contribution in [0.5, 0.6) is 0 Å². The van der Waals surface area contributed by atoms with E-state index in [-0.39, 0.29) is 18.4 Å². The van der Waals surface area contributed by atoms with Crippen molar-refractivity contribution in [3.8, 4) is 0 Å². The number of nitrogens with two attached hydrogens (primary N) is 1. The van der Waals surface area contributed by atoms with Crippen LogP contribution in [0, 0.1) is 0 Å². The van der Waals surface area contributed by atoms with Gasteiger partial charge in [0.15, 0.2) is 0 Å². The minimum Gasteiger partial charge on any atom is -0.466 e. The fourth-order valence-corrected chi connectivity index (χ4v) is 1.95. The molecule has 1 heterocycles. The van der Waals surface area contributed by atoms with Gasteiger partial charge in [-0.2, -0.15) is 5.10 Å². The SMILES string of the molecule is CCOC(=O)C[C@@H](N)c1cnn(Cc2ccccc2)c1. The second-order valence-corrected chi connectivity index (χ2v) is 4.57. The topological polar surface area (TPSA) is 70.1 Å². The average molecular weight is 273 g/mol. The first-order chi connectivity index (χ1) is 9.69. The molecule has 0 amide bonds. The highest BCUT2D eigenvalue weighted by Gasteiger charge is 2.14. The minimum atomic E-state index is -0.376. The van der Waals surface area contributed by atoms with Crippen LogP contribution in [-0.2, 0) is 16.1 Å². The van der Waals surface area contributed by atoms with Gasteiger partial charge in [0.25, 0.3) is 0 Å². The van der Waals surface area contributed by atoms with E-state index in [1.165, 1.54) is 5.56 Å². The smallest absolute Gasteiger partial charge is 0.307 e. The summed E-state index contributed by atoms with van der Waals surface area (Å²) in [6.45, 7) is 2.84. The molecule has 106 valence electrons. The van der Waals surface area contributed by atoms with E-state index in [9.17, 15) is 4.79 Å². The number of benzene rings is 1. The zero-order valence-corrected chi connectivity index (χ0v) is 11.5. The molecule has 2 N–H and O–H groups in total. The molecular weight excluding hydrogens is 254 g/mol. The molecule has 20 heavy (non-hydrogen) atoms. The van der Waals surface area contributed by atoms with Crippen molar-refractivity contribution in [1.82, 2.24) is 9.78 Å². The van der Waals surface area contributed by atoms with Crippen LogP contribution in [0.4, 0.5) is 0 Å². The van der Waals surface area contributed by atoms with Crippen molar-refractivity contribution in [2.24, 2.45) is 5.73 Å². The zero-order valence-electron chi connectivity index (χ0n) is 11.5. The fourth-order valence-electron chi connectivity index (χ4n) is 1.95. The van der Waals surface area contributed by atoms with Gasteiger partial charge in [-0.15, -0.1) is 0 Å². The molecule has 0 bridgehead atoms. The molecule has 1 aromatic carbocycles. The lowest BCUT2D eigenvalue weighted by Crippen LogP contribution is -2.16. The van der Waals surface area contributed by atoms with Crippen LogP contribution in [0.3, 0.4) is 0 Å². The Morgan fingerprint density at radius 3 is 2.85 bits per heavy atom. The lowest BCUT2D eigenvalue weighted by atomic mass is 10.1. The first-order valence-electron chi connectivity index (χ1n) is 6.66. The summed E-state index contributed by atoms with van der Waals surface area (Å²) in [5.41, 5.74) is 7.99. The third-order valence-corrected chi connectivity index (χ3v) is 2.96. The molecule has 5 nitrogen and oxygen atoms in total. The van der Waals surface area contributed by atoms with Gasteiger partial charge in [-0.1, -0.05) is 30.3 Å². The minimum absolute atomic E-state index is 0.171. The quantitative estimate of drug-likeness (QED) is 0.816. The Morgan fingerprint density at radius 2 is 2.15 bits per heavy atom. The van der Waals surface area contributed by atoms with E-state index in [0.29, 0.717) is 13.2 Å². The number of aromatic nitrogens is 2. The molecule has 0 spiro atoms. The molecule has 2 aromatic rings. The van der Waals surface area contributed by atoms with Gasteiger partial charge in [0.1, 0.15) is 0 Å². The van der Waals surface area contributed by atoms with E-state index in [1.54, 1.807) is 13.1 Å². The molecule has 0 saturated carbocycles. The molecule has 0 fully saturated rings. The molecule has 0 unspecified atom stereocenters. The second-order valence-electron chi connectivity index (χ2n) is 4.57. The molecule has 1 aromatic heterocycles. The summed E-state index contributed by atoms with van der Waals surface area (Å²) in [6.07, 6.45) is 3.74. The van der Waals surface area contributed by atoms with E-state index in [1.807, 2.05) is 41.2 Å². The number of ether oxygens (including phenoxy) is 1. The second kappa shape index (κ2) is 6.86. The standard InChI is InChI=1S/C15H19N3O2/c1-2-20-15(19)8-14(16)13-9-17-18(11-13)10-12-6-4-3-5-7-12/h3-7,9,11,14H,2,8,10,16H2,1H3/t14-/m1/s1. The highest BCUT2D eigenvalue weighted by molar-refractivity contribution is 5.70. The van der Waals surface area contributed by atoms with Crippen molar-refractivity contribution < 1.29 is 9.53 Å². The number of esters is 1. The monoisotopic (exact) mass is 273 g/mol. The van der Waals surface area contributed by atoms with Crippen LogP contribution in [0.25, 0.3) is 0 Å². The third-order valence-electron chi connectivity index (χ3n) is 2.96. The lowest BCUT2D eigenvalue weighted by molar-refractivity contribution is -0.143. The predicted octanol–water partition coefficient (Wildman–Crippen LogP) is 1.88. The Bertz CT molecular complexity index is 551. The van der Waals surface area contributed by atoms with E-state index in [4.69, 9.17) is 10.5 Å². The first kappa shape index (κ1) is 14.3. The summed E-state index contributed by atoms with van der Waals surface area (Å²) in [5.74, 6) is -0.282. The molecule has 0 aliphatic carbocycles. The van der Waals surface area contributed by atoms with E-state index < -0.39 is 0 Å². The van der Waals surface area contributed by atoms with Crippen LogP contribution in [-0.4, -0.2) is 22.4 Å². The molecule has 0 aliphatic rings. The molecular formula is C15H19N3O2. The highest BCUT2D eigenvalue weighted by atomic mass is 16.5. The largest absolute Gasteiger partial charge is 0.466 e. The van der Waals surface area contributed by atoms with Crippen molar-refractivity contribution in [3.05, 3.63) is 53.9 Å². The van der Waals surface area contributed by atoms with Gasteiger partial charge in [0.2, 0.25) is 0 Å². The molecule has 1 atom stereocenters. The van der Waals surface area contributed by atoms with Crippen molar-refractivity contribution >= 4 is 5.97 Å². The Labute approximate surface area is 118 Å². The number of hydrogen-bond acceptors (Lipinski definition) is 4. The van der Waals surface area contributed by atoms with Crippen molar-refractivity contribution in [3.63, 3.8) is 0 Å².